The van der Waals surface area contributed by atoms with Crippen LogP contribution in [0, 0.1) is 0 Å². The Bertz CT molecular complexity index is 372. The maximum Gasteiger partial charge on any atom is 0.333 e. The summed E-state index contributed by atoms with van der Waals surface area (Å²) in [6.07, 6.45) is -0.681. The lowest BCUT2D eigenvalue weighted by Gasteiger charge is -2.16. The quantitative estimate of drug-likeness (QED) is 0.601. The number of benzene rings is 1. The normalized spacial score (nSPS) is 11.6. The first-order valence-corrected chi connectivity index (χ1v) is 5.28. The van der Waals surface area contributed by atoms with Crippen molar-refractivity contribution in [2.45, 2.75) is 13.0 Å². The van der Waals surface area contributed by atoms with Crippen LogP contribution >= 0.6 is 0 Å². The highest BCUT2D eigenvalue weighted by Gasteiger charge is 2.14. The standard InChI is InChI=1S/C13H16O4/c1-10(2)13(15)17-12(8-14)9-16-11-6-4-3-5-7-11/h3-7,12,14H,1,8-9H2,2H3/t12-/m0/s1. The van der Waals surface area contributed by atoms with Crippen molar-refractivity contribution in [3.8, 4) is 5.75 Å². The zero-order valence-corrected chi connectivity index (χ0v) is 9.76. The maximum atomic E-state index is 11.2. The Kier molecular flexibility index (Phi) is 5.23. The van der Waals surface area contributed by atoms with Crippen LogP contribution in [0.2, 0.25) is 0 Å². The van der Waals surface area contributed by atoms with Crippen molar-refractivity contribution in [2.24, 2.45) is 0 Å². The summed E-state index contributed by atoms with van der Waals surface area (Å²) in [4.78, 5) is 11.2. The molecule has 17 heavy (non-hydrogen) atoms. The van der Waals surface area contributed by atoms with Crippen LogP contribution in [0.4, 0.5) is 0 Å². The van der Waals surface area contributed by atoms with Gasteiger partial charge in [-0.25, -0.2) is 4.79 Å². The van der Waals surface area contributed by atoms with Gasteiger partial charge in [0.05, 0.1) is 6.61 Å². The molecule has 0 spiro atoms. The highest BCUT2D eigenvalue weighted by Crippen LogP contribution is 2.09. The van der Waals surface area contributed by atoms with Gasteiger partial charge in [-0.1, -0.05) is 24.8 Å². The molecule has 0 saturated carbocycles. The van der Waals surface area contributed by atoms with E-state index in [1.807, 2.05) is 18.2 Å². The molecule has 0 unspecified atom stereocenters. The Labute approximate surface area is 100 Å². The second-order valence-electron chi connectivity index (χ2n) is 3.61. The van der Waals surface area contributed by atoms with E-state index < -0.39 is 12.1 Å². The van der Waals surface area contributed by atoms with E-state index in [1.165, 1.54) is 0 Å². The molecule has 0 aromatic heterocycles. The van der Waals surface area contributed by atoms with Crippen molar-refractivity contribution in [1.29, 1.82) is 0 Å². The van der Waals surface area contributed by atoms with Crippen molar-refractivity contribution < 1.29 is 19.4 Å². The van der Waals surface area contributed by atoms with E-state index in [-0.39, 0.29) is 13.2 Å². The van der Waals surface area contributed by atoms with Gasteiger partial charge < -0.3 is 14.6 Å². The Hall–Kier alpha value is -1.81. The topological polar surface area (TPSA) is 55.8 Å². The average Bonchev–Trinajstić information content (AvgIpc) is 2.35. The number of ether oxygens (including phenoxy) is 2. The van der Waals surface area contributed by atoms with E-state index in [1.54, 1.807) is 19.1 Å². The number of aliphatic hydroxyl groups excluding tert-OH is 1. The number of para-hydroxylation sites is 1. The van der Waals surface area contributed by atoms with Crippen molar-refractivity contribution in [3.63, 3.8) is 0 Å². The first kappa shape index (κ1) is 13.3. The lowest BCUT2D eigenvalue weighted by Crippen LogP contribution is -2.28. The van der Waals surface area contributed by atoms with Gasteiger partial charge in [0.1, 0.15) is 12.4 Å². The van der Waals surface area contributed by atoms with Gasteiger partial charge in [-0.2, -0.15) is 0 Å². The Morgan fingerprint density at radius 2 is 2.06 bits per heavy atom. The SMILES string of the molecule is C=C(C)C(=O)O[C@@H](CO)COc1ccccc1. The van der Waals surface area contributed by atoms with Gasteiger partial charge in [-0.3, -0.25) is 0 Å². The van der Waals surface area contributed by atoms with Gasteiger partial charge in [0.2, 0.25) is 0 Å². The van der Waals surface area contributed by atoms with Gasteiger partial charge in [0, 0.05) is 5.57 Å². The minimum absolute atomic E-state index is 0.111. The van der Waals surface area contributed by atoms with Gasteiger partial charge in [0.25, 0.3) is 0 Å². The summed E-state index contributed by atoms with van der Waals surface area (Å²) in [5.74, 6) is 0.137. The maximum absolute atomic E-state index is 11.2. The number of rotatable bonds is 6. The average molecular weight is 236 g/mol. The number of hydrogen-bond donors (Lipinski definition) is 1. The highest BCUT2D eigenvalue weighted by atomic mass is 16.6. The molecule has 0 aliphatic carbocycles. The highest BCUT2D eigenvalue weighted by molar-refractivity contribution is 5.87. The molecule has 92 valence electrons. The molecule has 1 aromatic carbocycles. The monoisotopic (exact) mass is 236 g/mol. The molecule has 1 atom stereocenters. The fourth-order valence-electron chi connectivity index (χ4n) is 1.08. The fraction of sp³-hybridized carbons (Fsp3) is 0.308. The van der Waals surface area contributed by atoms with E-state index in [9.17, 15) is 4.79 Å². The zero-order chi connectivity index (χ0) is 12.7. The second-order valence-corrected chi connectivity index (χ2v) is 3.61. The van der Waals surface area contributed by atoms with Crippen LogP contribution in [-0.4, -0.2) is 30.4 Å². The Morgan fingerprint density at radius 1 is 1.41 bits per heavy atom. The van der Waals surface area contributed by atoms with E-state index >= 15 is 0 Å². The minimum Gasteiger partial charge on any atom is -0.490 e. The predicted octanol–water partition coefficient (Wildman–Crippen LogP) is 1.55. The summed E-state index contributed by atoms with van der Waals surface area (Å²) >= 11 is 0. The number of esters is 1. The van der Waals surface area contributed by atoms with Crippen LogP contribution in [-0.2, 0) is 9.53 Å². The lowest BCUT2D eigenvalue weighted by atomic mass is 10.3. The van der Waals surface area contributed by atoms with Crippen LogP contribution in [0.25, 0.3) is 0 Å². The van der Waals surface area contributed by atoms with E-state index in [2.05, 4.69) is 6.58 Å². The molecule has 1 rings (SSSR count). The molecular formula is C13H16O4. The summed E-state index contributed by atoms with van der Waals surface area (Å²) in [5, 5.41) is 9.05. The fourth-order valence-corrected chi connectivity index (χ4v) is 1.08. The van der Waals surface area contributed by atoms with Crippen molar-refractivity contribution in [3.05, 3.63) is 42.5 Å². The molecule has 0 bridgehead atoms. The third-order valence-electron chi connectivity index (χ3n) is 2.00. The van der Waals surface area contributed by atoms with Crippen LogP contribution in [0.15, 0.2) is 42.5 Å². The molecule has 0 fully saturated rings. The second kappa shape index (κ2) is 6.70. The molecule has 0 amide bonds. The molecule has 4 nitrogen and oxygen atoms in total. The smallest absolute Gasteiger partial charge is 0.333 e. The molecule has 0 heterocycles. The van der Waals surface area contributed by atoms with E-state index in [0.717, 1.165) is 0 Å². The third-order valence-corrected chi connectivity index (χ3v) is 2.00. The van der Waals surface area contributed by atoms with Crippen LogP contribution in [0.5, 0.6) is 5.75 Å². The largest absolute Gasteiger partial charge is 0.490 e. The summed E-state index contributed by atoms with van der Waals surface area (Å²) in [6, 6.07) is 9.12. The first-order chi connectivity index (χ1) is 8.13. The summed E-state index contributed by atoms with van der Waals surface area (Å²) < 4.78 is 10.3. The van der Waals surface area contributed by atoms with Gasteiger partial charge in [-0.05, 0) is 19.1 Å². The van der Waals surface area contributed by atoms with E-state index in [4.69, 9.17) is 14.6 Å². The summed E-state index contributed by atoms with van der Waals surface area (Å²) in [6.45, 7) is 4.84. The Balaban J connectivity index is 2.43. The minimum atomic E-state index is -0.681. The predicted molar refractivity (Wildman–Crippen MR) is 63.7 cm³/mol. The Morgan fingerprint density at radius 3 is 2.59 bits per heavy atom. The molecule has 1 aromatic rings. The van der Waals surface area contributed by atoms with Gasteiger partial charge in [-0.15, -0.1) is 0 Å². The summed E-state index contributed by atoms with van der Waals surface area (Å²) in [5.41, 5.74) is 0.295. The number of hydrogen-bond acceptors (Lipinski definition) is 4. The molecule has 0 aliphatic rings. The van der Waals surface area contributed by atoms with Crippen molar-refractivity contribution in [1.82, 2.24) is 0 Å². The van der Waals surface area contributed by atoms with E-state index in [0.29, 0.717) is 11.3 Å². The number of aliphatic hydroxyl groups is 1. The van der Waals surface area contributed by atoms with Gasteiger partial charge in [0.15, 0.2) is 6.10 Å². The molecule has 4 heteroatoms. The van der Waals surface area contributed by atoms with Crippen molar-refractivity contribution in [2.75, 3.05) is 13.2 Å². The van der Waals surface area contributed by atoms with Crippen LogP contribution < -0.4 is 4.74 Å². The van der Waals surface area contributed by atoms with Crippen LogP contribution in [0.1, 0.15) is 6.92 Å². The van der Waals surface area contributed by atoms with Crippen LogP contribution in [0.3, 0.4) is 0 Å². The third kappa shape index (κ3) is 4.70. The number of carbonyl (C=O) groups excluding carboxylic acids is 1. The van der Waals surface area contributed by atoms with Gasteiger partial charge >= 0.3 is 5.97 Å². The molecule has 1 N–H and O–H groups in total. The molecule has 0 radical (unpaired) electrons. The molecular weight excluding hydrogens is 220 g/mol. The summed E-state index contributed by atoms with van der Waals surface area (Å²) in [7, 11) is 0. The molecule has 0 aliphatic heterocycles. The first-order valence-electron chi connectivity index (χ1n) is 5.28. The number of carbonyl (C=O) groups is 1. The zero-order valence-electron chi connectivity index (χ0n) is 9.76. The lowest BCUT2D eigenvalue weighted by molar-refractivity contribution is -0.147. The molecule has 0 saturated heterocycles. The van der Waals surface area contributed by atoms with Crippen molar-refractivity contribution >= 4 is 5.97 Å².